The van der Waals surface area contributed by atoms with Gasteiger partial charge in [0.25, 0.3) is 11.5 Å². The van der Waals surface area contributed by atoms with Crippen molar-refractivity contribution in [1.29, 1.82) is 0 Å². The Kier molecular flexibility index (Phi) is 5.41. The molecule has 2 fully saturated rings. The first kappa shape index (κ1) is 20.9. The van der Waals surface area contributed by atoms with E-state index in [1.807, 2.05) is 12.1 Å². The van der Waals surface area contributed by atoms with E-state index in [0.717, 1.165) is 16.1 Å². The van der Waals surface area contributed by atoms with Gasteiger partial charge in [-0.05, 0) is 49.2 Å². The van der Waals surface area contributed by atoms with Gasteiger partial charge in [-0.1, -0.05) is 0 Å². The first-order chi connectivity index (χ1) is 16.0. The number of rotatable bonds is 5. The first-order valence-electron chi connectivity index (χ1n) is 10.9. The highest BCUT2D eigenvalue weighted by Crippen LogP contribution is 2.38. The van der Waals surface area contributed by atoms with Crippen LogP contribution in [0, 0.1) is 0 Å². The van der Waals surface area contributed by atoms with Crippen LogP contribution >= 0.6 is 0 Å². The van der Waals surface area contributed by atoms with E-state index < -0.39 is 17.2 Å². The van der Waals surface area contributed by atoms with Crippen LogP contribution < -0.4 is 20.9 Å². The number of nitrogens with one attached hydrogen (secondary N) is 1. The van der Waals surface area contributed by atoms with E-state index in [1.54, 1.807) is 29.2 Å². The highest BCUT2D eigenvalue weighted by molar-refractivity contribution is 5.93. The van der Waals surface area contributed by atoms with E-state index in [-0.39, 0.29) is 5.56 Å². The highest BCUT2D eigenvalue weighted by Gasteiger charge is 2.28. The lowest BCUT2D eigenvalue weighted by Crippen LogP contribution is -2.50. The van der Waals surface area contributed by atoms with Gasteiger partial charge in [0.05, 0.1) is 18.5 Å². The van der Waals surface area contributed by atoms with Crippen molar-refractivity contribution >= 4 is 11.7 Å². The first-order valence-corrected chi connectivity index (χ1v) is 10.9. The van der Waals surface area contributed by atoms with E-state index in [0.29, 0.717) is 43.5 Å². The van der Waals surface area contributed by atoms with Crippen LogP contribution in [-0.2, 0) is 0 Å². The second-order valence-corrected chi connectivity index (χ2v) is 8.22. The lowest BCUT2D eigenvalue weighted by Gasteiger charge is -2.35. The molecule has 3 heterocycles. The van der Waals surface area contributed by atoms with Crippen LogP contribution in [-0.4, -0.2) is 63.8 Å². The van der Waals surface area contributed by atoms with Crippen molar-refractivity contribution in [2.24, 2.45) is 0 Å². The number of benzene rings is 1. The summed E-state index contributed by atoms with van der Waals surface area (Å²) in [5.74, 6) is 1.53. The van der Waals surface area contributed by atoms with Crippen LogP contribution in [0.2, 0.25) is 0 Å². The Morgan fingerprint density at radius 2 is 1.73 bits per heavy atom. The summed E-state index contributed by atoms with van der Waals surface area (Å²) in [7, 11) is 1.53. The Morgan fingerprint density at radius 1 is 1.00 bits per heavy atom. The Morgan fingerprint density at radius 3 is 2.33 bits per heavy atom. The number of amides is 1. The van der Waals surface area contributed by atoms with Gasteiger partial charge in [0.1, 0.15) is 11.3 Å². The number of anilines is 1. The largest absolute Gasteiger partial charge is 0.497 e. The average Bonchev–Trinajstić information content (AvgIpc) is 3.70. The Hall–Kier alpha value is -3.95. The topological polar surface area (TPSA) is 113 Å². The van der Waals surface area contributed by atoms with Crippen LogP contribution in [0.5, 0.6) is 5.75 Å². The zero-order valence-electron chi connectivity index (χ0n) is 18.2. The molecule has 1 aromatic carbocycles. The van der Waals surface area contributed by atoms with Crippen LogP contribution in [0.4, 0.5) is 5.82 Å². The van der Waals surface area contributed by atoms with Gasteiger partial charge in [0, 0.05) is 38.3 Å². The number of hydrogen-bond acceptors (Lipinski definition) is 7. The van der Waals surface area contributed by atoms with Gasteiger partial charge in [-0.15, -0.1) is 5.10 Å². The molecule has 1 N–H and O–H groups in total. The molecule has 0 unspecified atom stereocenters. The minimum Gasteiger partial charge on any atom is -0.497 e. The number of aromatic amines is 1. The second kappa shape index (κ2) is 8.53. The molecular formula is C23H24N6O4. The summed E-state index contributed by atoms with van der Waals surface area (Å²) in [4.78, 5) is 44.7. The molecule has 3 aromatic rings. The monoisotopic (exact) mass is 448 g/mol. The molecule has 1 saturated carbocycles. The van der Waals surface area contributed by atoms with Crippen molar-refractivity contribution in [3.8, 4) is 11.4 Å². The summed E-state index contributed by atoms with van der Waals surface area (Å²) in [5.41, 5.74) is 0.0543. The van der Waals surface area contributed by atoms with Gasteiger partial charge < -0.3 is 19.5 Å². The fraction of sp³-hybridized carbons (Fsp3) is 0.348. The molecule has 1 amide bonds. The van der Waals surface area contributed by atoms with E-state index >= 15 is 0 Å². The third kappa shape index (κ3) is 4.11. The van der Waals surface area contributed by atoms with Crippen molar-refractivity contribution in [1.82, 2.24) is 24.6 Å². The minimum atomic E-state index is -0.655. The van der Waals surface area contributed by atoms with Crippen LogP contribution in [0.15, 0.2) is 52.2 Å². The maximum absolute atomic E-state index is 13.1. The normalized spacial score (nSPS) is 16.0. The summed E-state index contributed by atoms with van der Waals surface area (Å²) in [6.45, 7) is 2.04. The lowest BCUT2D eigenvalue weighted by molar-refractivity contribution is 0.0743. The third-order valence-corrected chi connectivity index (χ3v) is 6.10. The molecule has 1 aliphatic carbocycles. The number of piperazine rings is 1. The van der Waals surface area contributed by atoms with Gasteiger partial charge in [-0.2, -0.15) is 5.10 Å². The zero-order chi connectivity index (χ0) is 22.9. The molecule has 10 nitrogen and oxygen atoms in total. The standard InChI is InChI=1S/C23H24N6O4/c1-33-17-6-4-16(5-7-17)29-22(31)18(14-24-23(29)32)21(30)28-12-10-27(11-13-28)20-9-8-19(25-26-20)15-2-3-15/h4-9,14-15H,2-3,10-13H2,1H3,(H,24,32). The molecule has 0 atom stereocenters. The smallest absolute Gasteiger partial charge is 0.333 e. The SMILES string of the molecule is COc1ccc(-n2c(=O)[nH]cc(C(=O)N3CCN(c4ccc(C5CC5)nn4)CC3)c2=O)cc1. The van der Waals surface area contributed by atoms with Crippen molar-refractivity contribution in [2.45, 2.75) is 18.8 Å². The number of aromatic nitrogens is 4. The second-order valence-electron chi connectivity index (χ2n) is 8.22. The fourth-order valence-corrected chi connectivity index (χ4v) is 4.00. The lowest BCUT2D eigenvalue weighted by atomic mass is 10.2. The van der Waals surface area contributed by atoms with Crippen LogP contribution in [0.3, 0.4) is 0 Å². The number of ether oxygens (including phenoxy) is 1. The molecule has 33 heavy (non-hydrogen) atoms. The Labute approximate surface area is 189 Å². The molecule has 1 saturated heterocycles. The maximum Gasteiger partial charge on any atom is 0.333 e. The number of hydrogen-bond donors (Lipinski definition) is 1. The van der Waals surface area contributed by atoms with Crippen molar-refractivity contribution in [3.05, 3.63) is 74.7 Å². The number of methoxy groups -OCH3 is 1. The van der Waals surface area contributed by atoms with Gasteiger partial charge in [-0.3, -0.25) is 9.59 Å². The summed E-state index contributed by atoms with van der Waals surface area (Å²) in [5, 5.41) is 8.67. The van der Waals surface area contributed by atoms with Crippen LogP contribution in [0.1, 0.15) is 34.8 Å². The molecular weight excluding hydrogens is 424 g/mol. The zero-order valence-corrected chi connectivity index (χ0v) is 18.2. The fourth-order valence-electron chi connectivity index (χ4n) is 4.00. The summed E-state index contributed by atoms with van der Waals surface area (Å²) in [6, 6.07) is 10.5. The van der Waals surface area contributed by atoms with Gasteiger partial charge in [0.15, 0.2) is 5.82 Å². The van der Waals surface area contributed by atoms with E-state index in [4.69, 9.17) is 4.74 Å². The average molecular weight is 448 g/mol. The molecule has 2 aromatic heterocycles. The highest BCUT2D eigenvalue weighted by atomic mass is 16.5. The number of H-pyrrole nitrogens is 1. The maximum atomic E-state index is 13.1. The minimum absolute atomic E-state index is 0.0764. The van der Waals surface area contributed by atoms with E-state index in [1.165, 1.54) is 26.1 Å². The quantitative estimate of drug-likeness (QED) is 0.623. The molecule has 2 aliphatic rings. The number of carbonyl (C=O) groups excluding carboxylic acids is 1. The summed E-state index contributed by atoms with van der Waals surface area (Å²) >= 11 is 0. The summed E-state index contributed by atoms with van der Waals surface area (Å²) < 4.78 is 6.08. The predicted octanol–water partition coefficient (Wildman–Crippen LogP) is 1.16. The molecule has 5 rings (SSSR count). The van der Waals surface area contributed by atoms with Crippen molar-refractivity contribution < 1.29 is 9.53 Å². The van der Waals surface area contributed by atoms with E-state index in [2.05, 4.69) is 20.1 Å². The van der Waals surface area contributed by atoms with Crippen molar-refractivity contribution in [2.75, 3.05) is 38.2 Å². The third-order valence-electron chi connectivity index (χ3n) is 6.10. The molecule has 1 aliphatic heterocycles. The Bertz CT molecular complexity index is 1270. The Balaban J connectivity index is 1.31. The number of carbonyl (C=O) groups is 1. The van der Waals surface area contributed by atoms with Gasteiger partial charge >= 0.3 is 5.69 Å². The number of nitrogens with zero attached hydrogens (tertiary/aromatic N) is 5. The van der Waals surface area contributed by atoms with Crippen molar-refractivity contribution in [3.63, 3.8) is 0 Å². The summed E-state index contributed by atoms with van der Waals surface area (Å²) in [6.07, 6.45) is 3.56. The van der Waals surface area contributed by atoms with Crippen LogP contribution in [0.25, 0.3) is 5.69 Å². The molecule has 0 spiro atoms. The molecule has 10 heteroatoms. The molecule has 0 bridgehead atoms. The van der Waals surface area contributed by atoms with Gasteiger partial charge in [-0.25, -0.2) is 9.36 Å². The molecule has 0 radical (unpaired) electrons. The molecule has 170 valence electrons. The van der Waals surface area contributed by atoms with Gasteiger partial charge in [0.2, 0.25) is 0 Å². The van der Waals surface area contributed by atoms with E-state index in [9.17, 15) is 14.4 Å². The predicted molar refractivity (Wildman–Crippen MR) is 121 cm³/mol.